The second kappa shape index (κ2) is 5.80. The Kier molecular flexibility index (Phi) is 4.08. The molecule has 0 radical (unpaired) electrons. The van der Waals surface area contributed by atoms with Crippen LogP contribution in [0.25, 0.3) is 0 Å². The summed E-state index contributed by atoms with van der Waals surface area (Å²) in [5.41, 5.74) is 3.39. The van der Waals surface area contributed by atoms with Crippen molar-refractivity contribution in [3.8, 4) is 0 Å². The predicted molar refractivity (Wildman–Crippen MR) is 70.2 cm³/mol. The van der Waals surface area contributed by atoms with Crippen LogP contribution in [0, 0.1) is 6.92 Å². The topological polar surface area (TPSA) is 116 Å². The molecule has 0 unspecified atom stereocenters. The van der Waals surface area contributed by atoms with Crippen LogP contribution in [0.5, 0.6) is 0 Å². The molecule has 0 aliphatic carbocycles. The molecule has 2 rings (SSSR count). The third-order valence-corrected chi connectivity index (χ3v) is 3.01. The van der Waals surface area contributed by atoms with Gasteiger partial charge < -0.3 is 14.9 Å². The van der Waals surface area contributed by atoms with E-state index in [0.29, 0.717) is 5.69 Å². The number of aliphatic hydroxyl groups excluding tert-OH is 1. The van der Waals surface area contributed by atoms with Crippen LogP contribution >= 0.6 is 0 Å². The molecule has 21 heavy (non-hydrogen) atoms. The highest BCUT2D eigenvalue weighted by molar-refractivity contribution is 6.31. The third kappa shape index (κ3) is 3.11. The number of anilines is 1. The van der Waals surface area contributed by atoms with Gasteiger partial charge in [-0.05, 0) is 19.1 Å². The number of ether oxygens (including phenoxy) is 1. The van der Waals surface area contributed by atoms with E-state index >= 15 is 0 Å². The number of benzene rings is 1. The SMILES string of the molecule is Cc1ccc(N(NC(=O)C(=O)O)[C@H]2C(=O)OC[C@H]2O)cc1. The molecule has 112 valence electrons. The number of carbonyl (C=O) groups is 3. The number of cyclic esters (lactones) is 1. The van der Waals surface area contributed by atoms with Crippen molar-refractivity contribution in [2.24, 2.45) is 0 Å². The smallest absolute Gasteiger partial charge is 0.396 e. The number of rotatable bonds is 3. The maximum absolute atomic E-state index is 11.7. The molecule has 1 amide bonds. The van der Waals surface area contributed by atoms with Crippen LogP contribution in [0.2, 0.25) is 0 Å². The number of aryl methyl sites for hydroxylation is 1. The number of carboxylic acid groups (broad SMARTS) is 1. The van der Waals surface area contributed by atoms with Crippen LogP contribution < -0.4 is 10.4 Å². The molecule has 2 atom stereocenters. The van der Waals surface area contributed by atoms with Gasteiger partial charge in [-0.2, -0.15) is 0 Å². The van der Waals surface area contributed by atoms with Crippen LogP contribution in [-0.4, -0.2) is 46.8 Å². The van der Waals surface area contributed by atoms with Gasteiger partial charge in [0.25, 0.3) is 0 Å². The van der Waals surface area contributed by atoms with E-state index in [9.17, 15) is 19.5 Å². The molecule has 1 fully saturated rings. The molecule has 8 nitrogen and oxygen atoms in total. The largest absolute Gasteiger partial charge is 0.474 e. The Morgan fingerprint density at radius 3 is 2.43 bits per heavy atom. The van der Waals surface area contributed by atoms with Crippen molar-refractivity contribution < 1.29 is 29.3 Å². The highest BCUT2D eigenvalue weighted by atomic mass is 16.6. The Morgan fingerprint density at radius 2 is 1.95 bits per heavy atom. The summed E-state index contributed by atoms with van der Waals surface area (Å²) in [6.45, 7) is 1.64. The van der Waals surface area contributed by atoms with Crippen molar-refractivity contribution in [2.75, 3.05) is 11.6 Å². The number of hydrazine groups is 1. The van der Waals surface area contributed by atoms with E-state index < -0.39 is 30.0 Å². The molecule has 3 N–H and O–H groups in total. The van der Waals surface area contributed by atoms with Crippen molar-refractivity contribution in [3.05, 3.63) is 29.8 Å². The van der Waals surface area contributed by atoms with Gasteiger partial charge in [0.2, 0.25) is 0 Å². The molecule has 0 bridgehead atoms. The van der Waals surface area contributed by atoms with E-state index in [1.54, 1.807) is 24.3 Å². The molecule has 8 heteroatoms. The molecule has 0 saturated carbocycles. The number of carboxylic acids is 1. The summed E-state index contributed by atoms with van der Waals surface area (Å²) in [5, 5.41) is 19.5. The summed E-state index contributed by atoms with van der Waals surface area (Å²) in [5.74, 6) is -3.76. The van der Waals surface area contributed by atoms with Gasteiger partial charge in [-0.15, -0.1) is 0 Å². The standard InChI is InChI=1S/C13H14N2O6/c1-7-2-4-8(5-3-7)15(14-11(17)12(18)19)10-9(16)6-21-13(10)20/h2-5,9-10,16H,6H2,1H3,(H,14,17)(H,18,19)/t9-,10-/m1/s1. The molecule has 1 heterocycles. The minimum atomic E-state index is -1.70. The maximum Gasteiger partial charge on any atom is 0.396 e. The average molecular weight is 294 g/mol. The van der Waals surface area contributed by atoms with Crippen LogP contribution in [0.1, 0.15) is 5.56 Å². The molecular weight excluding hydrogens is 280 g/mol. The zero-order valence-corrected chi connectivity index (χ0v) is 11.1. The zero-order valence-electron chi connectivity index (χ0n) is 11.1. The number of aliphatic carboxylic acids is 1. The van der Waals surface area contributed by atoms with Gasteiger partial charge in [-0.1, -0.05) is 17.7 Å². The fraction of sp³-hybridized carbons (Fsp3) is 0.308. The molecule has 1 aromatic carbocycles. The van der Waals surface area contributed by atoms with E-state index in [0.717, 1.165) is 10.6 Å². The molecule has 0 aromatic heterocycles. The fourth-order valence-electron chi connectivity index (χ4n) is 1.94. The Hall–Kier alpha value is -2.61. The first-order valence-corrected chi connectivity index (χ1v) is 6.14. The lowest BCUT2D eigenvalue weighted by molar-refractivity contribution is -0.150. The number of aliphatic hydroxyl groups is 1. The summed E-state index contributed by atoms with van der Waals surface area (Å²) < 4.78 is 4.72. The maximum atomic E-state index is 11.7. The molecule has 1 aliphatic heterocycles. The van der Waals surface area contributed by atoms with Gasteiger partial charge in [0, 0.05) is 0 Å². The van der Waals surface area contributed by atoms with Gasteiger partial charge >= 0.3 is 17.8 Å². The van der Waals surface area contributed by atoms with Gasteiger partial charge in [-0.25, -0.2) is 9.59 Å². The number of nitrogens with zero attached hydrogens (tertiary/aromatic N) is 1. The second-order valence-electron chi connectivity index (χ2n) is 4.59. The lowest BCUT2D eigenvalue weighted by atomic mass is 10.1. The Labute approximate surface area is 119 Å². The second-order valence-corrected chi connectivity index (χ2v) is 4.59. The summed E-state index contributed by atoms with van der Waals surface area (Å²) in [7, 11) is 0. The van der Waals surface area contributed by atoms with Crippen LogP contribution in [0.3, 0.4) is 0 Å². The minimum Gasteiger partial charge on any atom is -0.474 e. The van der Waals surface area contributed by atoms with E-state index in [1.165, 1.54) is 0 Å². The summed E-state index contributed by atoms with van der Waals surface area (Å²) in [6, 6.07) is 5.44. The van der Waals surface area contributed by atoms with E-state index in [1.807, 2.05) is 6.92 Å². The predicted octanol–water partition coefficient (Wildman–Crippen LogP) is -0.796. The van der Waals surface area contributed by atoms with Crippen molar-refractivity contribution in [1.82, 2.24) is 5.43 Å². The van der Waals surface area contributed by atoms with E-state index in [2.05, 4.69) is 5.43 Å². The summed E-state index contributed by atoms with van der Waals surface area (Å²) >= 11 is 0. The molecular formula is C13H14N2O6. The summed E-state index contributed by atoms with van der Waals surface area (Å²) in [6.07, 6.45) is -1.17. The van der Waals surface area contributed by atoms with Crippen molar-refractivity contribution in [1.29, 1.82) is 0 Å². The first kappa shape index (κ1) is 14.8. The van der Waals surface area contributed by atoms with Crippen molar-refractivity contribution in [3.63, 3.8) is 0 Å². The zero-order chi connectivity index (χ0) is 15.6. The summed E-state index contributed by atoms with van der Waals surface area (Å²) in [4.78, 5) is 33.8. The van der Waals surface area contributed by atoms with Crippen molar-refractivity contribution >= 4 is 23.5 Å². The number of hydrogen-bond acceptors (Lipinski definition) is 6. The molecule has 1 saturated heterocycles. The van der Waals surface area contributed by atoms with Crippen LogP contribution in [-0.2, 0) is 19.1 Å². The lowest BCUT2D eigenvalue weighted by Gasteiger charge is -2.29. The Morgan fingerprint density at radius 1 is 1.33 bits per heavy atom. The highest BCUT2D eigenvalue weighted by Gasteiger charge is 2.42. The number of hydrogen-bond donors (Lipinski definition) is 3. The quantitative estimate of drug-likeness (QED) is 0.380. The third-order valence-electron chi connectivity index (χ3n) is 3.01. The number of esters is 1. The Bertz CT molecular complexity index is 571. The van der Waals surface area contributed by atoms with Gasteiger partial charge in [0.05, 0.1) is 5.69 Å². The number of nitrogens with one attached hydrogen (secondary N) is 1. The molecule has 1 aromatic rings. The van der Waals surface area contributed by atoms with E-state index in [4.69, 9.17) is 9.84 Å². The van der Waals surface area contributed by atoms with Gasteiger partial charge in [0.1, 0.15) is 12.7 Å². The normalized spacial score (nSPS) is 20.8. The Balaban J connectivity index is 2.34. The molecule has 1 aliphatic rings. The number of amides is 1. The van der Waals surface area contributed by atoms with Crippen LogP contribution in [0.4, 0.5) is 5.69 Å². The average Bonchev–Trinajstić information content (AvgIpc) is 2.76. The van der Waals surface area contributed by atoms with Crippen molar-refractivity contribution in [2.45, 2.75) is 19.1 Å². The number of carbonyl (C=O) groups excluding carboxylic acids is 2. The van der Waals surface area contributed by atoms with Gasteiger partial charge in [-0.3, -0.25) is 15.2 Å². The monoisotopic (exact) mass is 294 g/mol. The van der Waals surface area contributed by atoms with Gasteiger partial charge in [0.15, 0.2) is 6.04 Å². The van der Waals surface area contributed by atoms with E-state index in [-0.39, 0.29) is 6.61 Å². The highest BCUT2D eigenvalue weighted by Crippen LogP contribution is 2.21. The fourth-order valence-corrected chi connectivity index (χ4v) is 1.94. The first-order chi connectivity index (χ1) is 9.90. The molecule has 0 spiro atoms. The lowest BCUT2D eigenvalue weighted by Crippen LogP contribution is -2.56. The first-order valence-electron chi connectivity index (χ1n) is 6.14. The van der Waals surface area contributed by atoms with Crippen LogP contribution in [0.15, 0.2) is 24.3 Å². The minimum absolute atomic E-state index is 0.213.